The minimum absolute atomic E-state index is 0.362. The van der Waals surface area contributed by atoms with Crippen LogP contribution in [0.15, 0.2) is 115 Å². The molecule has 4 heteroatoms. The maximum atomic E-state index is 13.9. The average Bonchev–Trinajstić information content (AvgIpc) is 3.02. The fraction of sp³-hybridized carbons (Fsp3) is 0. The van der Waals surface area contributed by atoms with E-state index >= 15 is 0 Å². The summed E-state index contributed by atoms with van der Waals surface area (Å²) in [6.07, 6.45) is 0. The molecule has 0 bridgehead atoms. The minimum Gasteiger partial charge on any atom is -0.422 e. The summed E-state index contributed by atoms with van der Waals surface area (Å²) in [5, 5.41) is 16.7. The molecule has 0 aliphatic rings. The number of benzene rings is 9. The van der Waals surface area contributed by atoms with E-state index in [0.717, 1.165) is 86.2 Å². The van der Waals surface area contributed by atoms with Crippen LogP contribution in [0.4, 0.5) is 0 Å². The third kappa shape index (κ3) is 2.17. The first kappa shape index (κ1) is 21.1. The van der Waals surface area contributed by atoms with Gasteiger partial charge >= 0.3 is 11.3 Å². The van der Waals surface area contributed by atoms with Gasteiger partial charge in [-0.2, -0.15) is 0 Å². The first-order valence-corrected chi connectivity index (χ1v) is 14.0. The molecule has 2 aromatic heterocycles. The number of rotatable bonds is 0. The molecule has 0 aliphatic heterocycles. The highest BCUT2D eigenvalue weighted by Crippen LogP contribution is 2.52. The van der Waals surface area contributed by atoms with E-state index in [1.807, 2.05) is 60.7 Å². The van der Waals surface area contributed by atoms with E-state index in [1.54, 1.807) is 0 Å². The molecule has 192 valence electrons. The molecule has 0 amide bonds. The van der Waals surface area contributed by atoms with Crippen molar-refractivity contribution < 1.29 is 8.83 Å². The fourth-order valence-electron chi connectivity index (χ4n) is 8.05. The summed E-state index contributed by atoms with van der Waals surface area (Å²) in [4.78, 5) is 27.8. The molecule has 0 fully saturated rings. The normalized spacial score (nSPS) is 13.0. The average molecular weight is 537 g/mol. The van der Waals surface area contributed by atoms with Crippen LogP contribution >= 0.6 is 0 Å². The summed E-state index contributed by atoms with van der Waals surface area (Å²) in [7, 11) is 0. The van der Waals surface area contributed by atoms with Gasteiger partial charge in [-0.25, -0.2) is 9.59 Å². The smallest absolute Gasteiger partial charge is 0.344 e. The van der Waals surface area contributed by atoms with Crippen molar-refractivity contribution in [3.8, 4) is 0 Å². The summed E-state index contributed by atoms with van der Waals surface area (Å²) in [6, 6.07) is 32.7. The van der Waals surface area contributed by atoms with E-state index in [2.05, 4.69) is 36.4 Å². The van der Waals surface area contributed by atoms with Crippen LogP contribution in [0.1, 0.15) is 0 Å². The Balaban J connectivity index is 1.61. The Morgan fingerprint density at radius 3 is 1.19 bits per heavy atom. The van der Waals surface area contributed by atoms with Crippen LogP contribution in [0.2, 0.25) is 0 Å². The van der Waals surface area contributed by atoms with Crippen molar-refractivity contribution in [2.45, 2.75) is 0 Å². The van der Waals surface area contributed by atoms with Crippen LogP contribution in [-0.2, 0) is 0 Å². The molecule has 4 nitrogen and oxygen atoms in total. The van der Waals surface area contributed by atoms with E-state index in [0.29, 0.717) is 21.9 Å². The second-order valence-electron chi connectivity index (χ2n) is 11.4. The molecule has 0 saturated heterocycles. The lowest BCUT2D eigenvalue weighted by Gasteiger charge is -2.22. The van der Waals surface area contributed by atoms with Crippen LogP contribution in [0, 0.1) is 0 Å². The molecule has 0 unspecified atom stereocenters. The van der Waals surface area contributed by atoms with Crippen molar-refractivity contribution in [1.29, 1.82) is 0 Å². The van der Waals surface area contributed by atoms with E-state index in [9.17, 15) is 9.59 Å². The maximum absolute atomic E-state index is 13.9. The van der Waals surface area contributed by atoms with Crippen LogP contribution in [0.5, 0.6) is 0 Å². The molecule has 9 aromatic carbocycles. The zero-order chi connectivity index (χ0) is 27.4. The number of hydrogen-bond acceptors (Lipinski definition) is 4. The zero-order valence-corrected chi connectivity index (χ0v) is 21.9. The Morgan fingerprint density at radius 2 is 0.714 bits per heavy atom. The molecule has 42 heavy (non-hydrogen) atoms. The van der Waals surface area contributed by atoms with Crippen molar-refractivity contribution in [1.82, 2.24) is 0 Å². The molecular formula is C38H16O4. The molecule has 11 aromatic rings. The maximum Gasteiger partial charge on any atom is 0.344 e. The molecule has 0 spiro atoms. The number of fused-ring (bicyclic) bond motifs is 10. The van der Waals surface area contributed by atoms with E-state index in [1.165, 1.54) is 0 Å². The van der Waals surface area contributed by atoms with Crippen molar-refractivity contribution in [3.05, 3.63) is 118 Å². The van der Waals surface area contributed by atoms with Gasteiger partial charge in [0.15, 0.2) is 0 Å². The van der Waals surface area contributed by atoms with E-state index in [-0.39, 0.29) is 11.3 Å². The van der Waals surface area contributed by atoms with Gasteiger partial charge in [-0.1, -0.05) is 72.8 Å². The van der Waals surface area contributed by atoms with Crippen LogP contribution in [0.3, 0.4) is 0 Å². The van der Waals surface area contributed by atoms with Crippen LogP contribution in [-0.4, -0.2) is 0 Å². The van der Waals surface area contributed by atoms with Gasteiger partial charge in [-0.3, -0.25) is 0 Å². The van der Waals surface area contributed by atoms with E-state index in [4.69, 9.17) is 8.83 Å². The Hall–Kier alpha value is -5.74. The molecule has 0 aliphatic carbocycles. The Labute approximate surface area is 234 Å². The van der Waals surface area contributed by atoms with Crippen molar-refractivity contribution in [2.24, 2.45) is 0 Å². The Bertz CT molecular complexity index is 2890. The van der Waals surface area contributed by atoms with Crippen molar-refractivity contribution in [2.75, 3.05) is 0 Å². The first-order valence-electron chi connectivity index (χ1n) is 14.0. The summed E-state index contributed by atoms with van der Waals surface area (Å²) in [6.45, 7) is 0. The lowest BCUT2D eigenvalue weighted by molar-refractivity contribution is 0.569. The molecule has 0 saturated carbocycles. The van der Waals surface area contributed by atoms with Crippen molar-refractivity contribution in [3.63, 3.8) is 0 Å². The van der Waals surface area contributed by atoms with Gasteiger partial charge in [0.05, 0.1) is 10.8 Å². The lowest BCUT2D eigenvalue weighted by atomic mass is 9.81. The van der Waals surface area contributed by atoms with E-state index < -0.39 is 0 Å². The minimum atomic E-state index is -0.362. The first-order chi connectivity index (χ1) is 20.7. The quantitative estimate of drug-likeness (QED) is 0.110. The topological polar surface area (TPSA) is 60.4 Å². The Morgan fingerprint density at radius 1 is 0.310 bits per heavy atom. The van der Waals surface area contributed by atoms with Crippen molar-refractivity contribution >= 4 is 108 Å². The Kier molecular flexibility index (Phi) is 3.39. The highest BCUT2D eigenvalue weighted by Gasteiger charge is 2.28. The van der Waals surface area contributed by atoms with Crippen LogP contribution < -0.4 is 11.3 Å². The monoisotopic (exact) mass is 536 g/mol. The van der Waals surface area contributed by atoms with Gasteiger partial charge in [0.2, 0.25) is 0 Å². The zero-order valence-electron chi connectivity index (χ0n) is 21.9. The predicted octanol–water partition coefficient (Wildman–Crippen LogP) is 9.44. The van der Waals surface area contributed by atoms with Crippen LogP contribution in [0.25, 0.3) is 108 Å². The highest BCUT2D eigenvalue weighted by atomic mass is 16.4. The third-order valence-corrected chi connectivity index (χ3v) is 9.58. The molecular weight excluding hydrogens is 520 g/mol. The molecule has 0 N–H and O–H groups in total. The summed E-state index contributed by atoms with van der Waals surface area (Å²) in [5.74, 6) is 0. The van der Waals surface area contributed by atoms with Gasteiger partial charge < -0.3 is 8.83 Å². The molecule has 2 heterocycles. The molecule has 0 radical (unpaired) electrons. The SMILES string of the molecule is O=c1oc2ccc3c4c5ccccc5ccc4c4c(=O)oc5ccc6c7c8ccccc8ccc7c1c1c2c3c4c5c61. The standard InChI is InChI=1S/C38H16O4/c39-37-31-23-11-9-17-5-1-3-7-19(17)27(23)21-13-15-25-33-29(21)35(31)34-26(41-37)16-14-22-28-20-8-4-2-6-18(20)10-12-24(28)32(38(40)42-25)36(33)30(22)34/h1-16H. The lowest BCUT2D eigenvalue weighted by Crippen LogP contribution is -2.07. The second kappa shape index (κ2) is 6.76. The molecule has 0 atom stereocenters. The van der Waals surface area contributed by atoms with Gasteiger partial charge in [0.1, 0.15) is 11.2 Å². The van der Waals surface area contributed by atoms with Gasteiger partial charge in [-0.05, 0) is 78.1 Å². The summed E-state index contributed by atoms with van der Waals surface area (Å²) in [5.41, 5.74) is 0.329. The summed E-state index contributed by atoms with van der Waals surface area (Å²) < 4.78 is 12.2. The highest BCUT2D eigenvalue weighted by molar-refractivity contribution is 6.51. The number of hydrogen-bond donors (Lipinski definition) is 0. The van der Waals surface area contributed by atoms with Gasteiger partial charge in [-0.15, -0.1) is 0 Å². The molecule has 11 rings (SSSR count). The second-order valence-corrected chi connectivity index (χ2v) is 11.4. The van der Waals surface area contributed by atoms with Gasteiger partial charge in [0, 0.05) is 32.3 Å². The largest absolute Gasteiger partial charge is 0.422 e. The van der Waals surface area contributed by atoms with Gasteiger partial charge in [0.25, 0.3) is 0 Å². The fourth-order valence-corrected chi connectivity index (χ4v) is 8.05. The summed E-state index contributed by atoms with van der Waals surface area (Å²) >= 11 is 0. The third-order valence-electron chi connectivity index (χ3n) is 9.58. The predicted molar refractivity (Wildman–Crippen MR) is 172 cm³/mol.